The van der Waals surface area contributed by atoms with E-state index in [2.05, 4.69) is 9.97 Å². The van der Waals surface area contributed by atoms with Gasteiger partial charge in [-0.2, -0.15) is 0 Å². The van der Waals surface area contributed by atoms with Crippen LogP contribution in [0, 0.1) is 20.2 Å². The monoisotopic (exact) mass is 390 g/mol. The zero-order chi connectivity index (χ0) is 21.1. The van der Waals surface area contributed by atoms with Crippen LogP contribution in [0.4, 0.5) is 23.0 Å². The second kappa shape index (κ2) is 11.4. The molecule has 10 nitrogen and oxygen atoms in total. The summed E-state index contributed by atoms with van der Waals surface area (Å²) < 4.78 is 0. The van der Waals surface area contributed by atoms with Gasteiger partial charge in [0.25, 0.3) is 11.4 Å². The Morgan fingerprint density at radius 1 is 0.714 bits per heavy atom. The van der Waals surface area contributed by atoms with Gasteiger partial charge >= 0.3 is 0 Å². The Labute approximate surface area is 164 Å². The summed E-state index contributed by atoms with van der Waals surface area (Å²) in [7, 11) is 0. The molecule has 2 heterocycles. The van der Waals surface area contributed by atoms with Gasteiger partial charge < -0.3 is 9.80 Å². The molecule has 0 atom stereocenters. The van der Waals surface area contributed by atoms with Crippen molar-refractivity contribution in [3.63, 3.8) is 0 Å². The van der Waals surface area contributed by atoms with Crippen LogP contribution in [0.1, 0.15) is 27.7 Å². The largest absolute Gasteiger partial charge is 0.357 e. The molecule has 28 heavy (non-hydrogen) atoms. The maximum atomic E-state index is 10.4. The first kappa shape index (κ1) is 22.7. The minimum absolute atomic E-state index is 0.0286. The second-order valence-corrected chi connectivity index (χ2v) is 5.61. The van der Waals surface area contributed by atoms with Crippen LogP contribution in [0.2, 0.25) is 0 Å². The normalized spacial score (nSPS) is 9.86. The SMILES string of the molecule is CCN(CC)c1ccc([N+](=O)[O-])cn1.CCN(CC)c1ccc([N+](=O)[O-])cn1. The van der Waals surface area contributed by atoms with Gasteiger partial charge in [-0.05, 0) is 39.8 Å². The van der Waals surface area contributed by atoms with E-state index < -0.39 is 9.85 Å². The summed E-state index contributed by atoms with van der Waals surface area (Å²) in [4.78, 5) is 32.0. The number of rotatable bonds is 8. The van der Waals surface area contributed by atoms with Gasteiger partial charge in [0.2, 0.25) is 0 Å². The third-order valence-corrected chi connectivity index (χ3v) is 4.06. The molecule has 0 N–H and O–H groups in total. The number of anilines is 2. The maximum Gasteiger partial charge on any atom is 0.287 e. The van der Waals surface area contributed by atoms with Crippen molar-refractivity contribution < 1.29 is 9.85 Å². The minimum Gasteiger partial charge on any atom is -0.357 e. The van der Waals surface area contributed by atoms with E-state index in [-0.39, 0.29) is 11.4 Å². The Balaban J connectivity index is 0.000000280. The maximum absolute atomic E-state index is 10.4. The van der Waals surface area contributed by atoms with Gasteiger partial charge in [-0.3, -0.25) is 20.2 Å². The molecule has 152 valence electrons. The number of hydrogen-bond acceptors (Lipinski definition) is 8. The lowest BCUT2D eigenvalue weighted by molar-refractivity contribution is -0.385. The van der Waals surface area contributed by atoms with Gasteiger partial charge in [-0.1, -0.05) is 0 Å². The van der Waals surface area contributed by atoms with E-state index >= 15 is 0 Å². The van der Waals surface area contributed by atoms with Crippen molar-refractivity contribution in [2.75, 3.05) is 36.0 Å². The van der Waals surface area contributed by atoms with E-state index in [1.807, 2.05) is 37.5 Å². The average Bonchev–Trinajstić information content (AvgIpc) is 2.71. The van der Waals surface area contributed by atoms with Crippen LogP contribution < -0.4 is 9.80 Å². The summed E-state index contributed by atoms with van der Waals surface area (Å²) in [5.41, 5.74) is 0.0572. The first-order chi connectivity index (χ1) is 13.4. The summed E-state index contributed by atoms with van der Waals surface area (Å²) in [6.45, 7) is 11.5. The third kappa shape index (κ3) is 6.45. The van der Waals surface area contributed by atoms with Crippen molar-refractivity contribution in [2.45, 2.75) is 27.7 Å². The van der Waals surface area contributed by atoms with Crippen molar-refractivity contribution in [1.82, 2.24) is 9.97 Å². The Morgan fingerprint density at radius 3 is 1.21 bits per heavy atom. The Bertz CT molecular complexity index is 678. The number of nitrogens with zero attached hydrogens (tertiary/aromatic N) is 6. The summed E-state index contributed by atoms with van der Waals surface area (Å²) in [6, 6.07) is 6.29. The van der Waals surface area contributed by atoms with Crippen molar-refractivity contribution in [3.8, 4) is 0 Å². The van der Waals surface area contributed by atoms with Crippen LogP contribution in [-0.4, -0.2) is 46.0 Å². The fraction of sp³-hybridized carbons (Fsp3) is 0.444. The molecule has 2 aromatic rings. The Hall–Kier alpha value is -3.30. The summed E-state index contributed by atoms with van der Waals surface area (Å²) in [6.07, 6.45) is 2.57. The molecule has 0 aliphatic rings. The molecule has 0 aliphatic carbocycles. The Kier molecular flexibility index (Phi) is 9.28. The molecule has 0 aliphatic heterocycles. The van der Waals surface area contributed by atoms with Crippen LogP contribution in [0.15, 0.2) is 36.7 Å². The Morgan fingerprint density at radius 2 is 1.04 bits per heavy atom. The van der Waals surface area contributed by atoms with Crippen LogP contribution in [0.25, 0.3) is 0 Å². The number of aromatic nitrogens is 2. The molecule has 10 heteroatoms. The molecular weight excluding hydrogens is 364 g/mol. The van der Waals surface area contributed by atoms with Gasteiger partial charge in [0.15, 0.2) is 0 Å². The first-order valence-electron chi connectivity index (χ1n) is 9.08. The minimum atomic E-state index is -0.445. The molecule has 0 bridgehead atoms. The highest BCUT2D eigenvalue weighted by Gasteiger charge is 2.08. The first-order valence-corrected chi connectivity index (χ1v) is 9.08. The third-order valence-electron chi connectivity index (χ3n) is 4.06. The molecule has 0 spiro atoms. The molecule has 0 amide bonds. The quantitative estimate of drug-likeness (QED) is 0.495. The summed E-state index contributed by atoms with van der Waals surface area (Å²) >= 11 is 0. The lowest BCUT2D eigenvalue weighted by Gasteiger charge is -2.18. The summed E-state index contributed by atoms with van der Waals surface area (Å²) in [5, 5.41) is 20.7. The van der Waals surface area contributed by atoms with Crippen LogP contribution in [0.5, 0.6) is 0 Å². The van der Waals surface area contributed by atoms with Crippen molar-refractivity contribution in [2.24, 2.45) is 0 Å². The smallest absolute Gasteiger partial charge is 0.287 e. The van der Waals surface area contributed by atoms with Crippen molar-refractivity contribution in [1.29, 1.82) is 0 Å². The van der Waals surface area contributed by atoms with E-state index in [1.165, 1.54) is 24.5 Å². The molecule has 0 saturated carbocycles. The van der Waals surface area contributed by atoms with Gasteiger partial charge in [0.1, 0.15) is 24.0 Å². The predicted octanol–water partition coefficient (Wildman–Crippen LogP) is 3.67. The zero-order valence-electron chi connectivity index (χ0n) is 16.6. The van der Waals surface area contributed by atoms with E-state index in [4.69, 9.17) is 0 Å². The van der Waals surface area contributed by atoms with E-state index in [0.717, 1.165) is 37.8 Å². The highest BCUT2D eigenvalue weighted by Crippen LogP contribution is 2.16. The number of nitro groups is 2. The van der Waals surface area contributed by atoms with E-state index in [1.54, 1.807) is 12.1 Å². The fourth-order valence-corrected chi connectivity index (χ4v) is 2.44. The highest BCUT2D eigenvalue weighted by molar-refractivity contribution is 5.43. The standard InChI is InChI=1S/2C9H13N3O2/c2*1-3-11(4-2)9-6-5-8(7-10-9)12(13)14/h2*5-7H,3-4H2,1-2H3. The van der Waals surface area contributed by atoms with Crippen LogP contribution >= 0.6 is 0 Å². The molecule has 0 radical (unpaired) electrons. The fourth-order valence-electron chi connectivity index (χ4n) is 2.44. The van der Waals surface area contributed by atoms with E-state index in [0.29, 0.717) is 0 Å². The van der Waals surface area contributed by atoms with Crippen LogP contribution in [-0.2, 0) is 0 Å². The van der Waals surface area contributed by atoms with Gasteiger partial charge in [0.05, 0.1) is 9.85 Å². The molecule has 0 saturated heterocycles. The van der Waals surface area contributed by atoms with Gasteiger partial charge in [0, 0.05) is 38.3 Å². The predicted molar refractivity (Wildman–Crippen MR) is 109 cm³/mol. The molecule has 2 rings (SSSR count). The molecule has 0 fully saturated rings. The van der Waals surface area contributed by atoms with Gasteiger partial charge in [-0.25, -0.2) is 9.97 Å². The van der Waals surface area contributed by atoms with E-state index in [9.17, 15) is 20.2 Å². The summed E-state index contributed by atoms with van der Waals surface area (Å²) in [5.74, 6) is 1.56. The lowest BCUT2D eigenvalue weighted by Crippen LogP contribution is -2.22. The number of pyridine rings is 2. The van der Waals surface area contributed by atoms with Crippen molar-refractivity contribution in [3.05, 3.63) is 56.9 Å². The average molecular weight is 390 g/mol. The lowest BCUT2D eigenvalue weighted by atomic mass is 10.4. The van der Waals surface area contributed by atoms with Crippen molar-refractivity contribution >= 4 is 23.0 Å². The molecule has 0 aromatic carbocycles. The number of hydrogen-bond donors (Lipinski definition) is 0. The highest BCUT2D eigenvalue weighted by atomic mass is 16.6. The molecular formula is C18H26N6O4. The van der Waals surface area contributed by atoms with Gasteiger partial charge in [-0.15, -0.1) is 0 Å². The molecule has 0 unspecified atom stereocenters. The second-order valence-electron chi connectivity index (χ2n) is 5.61. The molecule has 2 aromatic heterocycles. The van der Waals surface area contributed by atoms with Crippen LogP contribution in [0.3, 0.4) is 0 Å². The zero-order valence-corrected chi connectivity index (χ0v) is 16.6. The topological polar surface area (TPSA) is 119 Å².